The molecule has 1 aliphatic rings. The highest BCUT2D eigenvalue weighted by molar-refractivity contribution is 7.99. The number of phenolic OH excluding ortho intramolecular Hbond substituents is 1. The van der Waals surface area contributed by atoms with Gasteiger partial charge in [0.25, 0.3) is 0 Å². The number of thioether (sulfide) groups is 1. The van der Waals surface area contributed by atoms with E-state index >= 15 is 0 Å². The summed E-state index contributed by atoms with van der Waals surface area (Å²) in [7, 11) is 0. The summed E-state index contributed by atoms with van der Waals surface area (Å²) in [5, 5.41) is 18.7. The monoisotopic (exact) mass is 360 g/mol. The SMILES string of the molecule is CCn1c(SCC(=O)N2CCCCC2C)nnc1-c1ccc(O)cc1. The molecule has 1 saturated heterocycles. The fourth-order valence-electron chi connectivity index (χ4n) is 3.18. The number of piperidine rings is 1. The summed E-state index contributed by atoms with van der Waals surface area (Å²) in [6, 6.07) is 7.25. The summed E-state index contributed by atoms with van der Waals surface area (Å²) in [5.74, 6) is 1.54. The zero-order valence-electron chi connectivity index (χ0n) is 14.7. The average Bonchev–Trinajstić information content (AvgIpc) is 3.03. The van der Waals surface area contributed by atoms with Crippen molar-refractivity contribution in [1.82, 2.24) is 19.7 Å². The molecule has 134 valence electrons. The van der Waals surface area contributed by atoms with Crippen LogP contribution in [0.3, 0.4) is 0 Å². The predicted octanol–water partition coefficient (Wildman–Crippen LogP) is 3.16. The van der Waals surface area contributed by atoms with E-state index in [4.69, 9.17) is 0 Å². The third kappa shape index (κ3) is 3.98. The highest BCUT2D eigenvalue weighted by Crippen LogP contribution is 2.26. The Labute approximate surface area is 152 Å². The van der Waals surface area contributed by atoms with Crippen molar-refractivity contribution in [3.63, 3.8) is 0 Å². The quantitative estimate of drug-likeness (QED) is 0.829. The Bertz CT molecular complexity index is 729. The number of amides is 1. The summed E-state index contributed by atoms with van der Waals surface area (Å²) < 4.78 is 2.00. The van der Waals surface area contributed by atoms with Crippen LogP contribution >= 0.6 is 11.8 Å². The van der Waals surface area contributed by atoms with Gasteiger partial charge in [-0.3, -0.25) is 4.79 Å². The molecule has 3 rings (SSSR count). The first-order valence-electron chi connectivity index (χ1n) is 8.75. The zero-order valence-corrected chi connectivity index (χ0v) is 15.5. The minimum absolute atomic E-state index is 0.175. The lowest BCUT2D eigenvalue weighted by molar-refractivity contribution is -0.131. The van der Waals surface area contributed by atoms with Crippen LogP contribution in [0, 0.1) is 0 Å². The van der Waals surface area contributed by atoms with Crippen molar-refractivity contribution in [1.29, 1.82) is 0 Å². The van der Waals surface area contributed by atoms with Gasteiger partial charge in [0, 0.05) is 24.7 Å². The number of hydrogen-bond donors (Lipinski definition) is 1. The van der Waals surface area contributed by atoms with E-state index in [0.717, 1.165) is 42.5 Å². The predicted molar refractivity (Wildman–Crippen MR) is 98.5 cm³/mol. The van der Waals surface area contributed by atoms with E-state index in [1.165, 1.54) is 18.2 Å². The van der Waals surface area contributed by atoms with E-state index in [0.29, 0.717) is 11.8 Å². The third-order valence-corrected chi connectivity index (χ3v) is 5.56. The Kier molecular flexibility index (Phi) is 5.63. The molecule has 1 amide bonds. The van der Waals surface area contributed by atoms with Gasteiger partial charge in [0.15, 0.2) is 11.0 Å². The standard InChI is InChI=1S/C18H24N4O2S/c1-3-21-17(14-7-9-15(23)10-8-14)19-20-18(21)25-12-16(24)22-11-5-4-6-13(22)2/h7-10,13,23H,3-6,11-12H2,1-2H3. The molecule has 2 aromatic rings. The molecule has 0 spiro atoms. The van der Waals surface area contributed by atoms with Crippen molar-refractivity contribution in [3.8, 4) is 17.1 Å². The largest absolute Gasteiger partial charge is 0.508 e. The molecule has 6 nitrogen and oxygen atoms in total. The zero-order chi connectivity index (χ0) is 17.8. The molecule has 1 fully saturated rings. The van der Waals surface area contributed by atoms with Gasteiger partial charge < -0.3 is 14.6 Å². The number of carbonyl (C=O) groups excluding carboxylic acids is 1. The van der Waals surface area contributed by atoms with Crippen molar-refractivity contribution in [3.05, 3.63) is 24.3 Å². The Hall–Kier alpha value is -2.02. The van der Waals surface area contributed by atoms with Crippen LogP contribution in [0.4, 0.5) is 0 Å². The summed E-state index contributed by atoms with van der Waals surface area (Å²) in [6.45, 7) is 5.74. The van der Waals surface area contributed by atoms with E-state index in [2.05, 4.69) is 17.1 Å². The van der Waals surface area contributed by atoms with Crippen LogP contribution in [0.25, 0.3) is 11.4 Å². The molecule has 1 atom stereocenters. The maximum absolute atomic E-state index is 12.5. The number of nitrogens with zero attached hydrogens (tertiary/aromatic N) is 4. The molecule has 1 aromatic carbocycles. The van der Waals surface area contributed by atoms with Gasteiger partial charge in [-0.1, -0.05) is 11.8 Å². The van der Waals surface area contributed by atoms with Gasteiger partial charge in [-0.15, -0.1) is 10.2 Å². The lowest BCUT2D eigenvalue weighted by Gasteiger charge is -2.33. The summed E-state index contributed by atoms with van der Waals surface area (Å²) >= 11 is 1.44. The number of hydrogen-bond acceptors (Lipinski definition) is 5. The van der Waals surface area contributed by atoms with E-state index in [1.54, 1.807) is 12.1 Å². The molecule has 25 heavy (non-hydrogen) atoms. The van der Waals surface area contributed by atoms with Gasteiger partial charge in [0.1, 0.15) is 5.75 Å². The highest BCUT2D eigenvalue weighted by atomic mass is 32.2. The van der Waals surface area contributed by atoms with Crippen LogP contribution < -0.4 is 0 Å². The van der Waals surface area contributed by atoms with Crippen LogP contribution in [0.1, 0.15) is 33.1 Å². The van der Waals surface area contributed by atoms with E-state index in [9.17, 15) is 9.90 Å². The van der Waals surface area contributed by atoms with E-state index in [1.807, 2.05) is 28.5 Å². The van der Waals surface area contributed by atoms with Crippen LogP contribution in [-0.4, -0.2) is 49.0 Å². The second-order valence-electron chi connectivity index (χ2n) is 6.32. The molecular weight excluding hydrogens is 336 g/mol. The Morgan fingerprint density at radius 3 is 2.72 bits per heavy atom. The Balaban J connectivity index is 1.70. The summed E-state index contributed by atoms with van der Waals surface area (Å²) in [5.41, 5.74) is 0.898. The first-order valence-corrected chi connectivity index (χ1v) is 9.73. The number of likely N-dealkylation sites (tertiary alicyclic amines) is 1. The van der Waals surface area contributed by atoms with Crippen molar-refractivity contribution in [2.24, 2.45) is 0 Å². The van der Waals surface area contributed by atoms with Gasteiger partial charge in [-0.25, -0.2) is 0 Å². The van der Waals surface area contributed by atoms with Crippen molar-refractivity contribution in [2.75, 3.05) is 12.3 Å². The molecule has 0 aliphatic carbocycles. The lowest BCUT2D eigenvalue weighted by atomic mass is 10.0. The average molecular weight is 360 g/mol. The topological polar surface area (TPSA) is 71.2 Å². The van der Waals surface area contributed by atoms with Crippen molar-refractivity contribution < 1.29 is 9.90 Å². The minimum atomic E-state index is 0.175. The van der Waals surface area contributed by atoms with Crippen LogP contribution in [0.15, 0.2) is 29.4 Å². The molecule has 7 heteroatoms. The summed E-state index contributed by atoms with van der Waals surface area (Å²) in [4.78, 5) is 14.5. The van der Waals surface area contributed by atoms with Crippen molar-refractivity contribution >= 4 is 17.7 Å². The van der Waals surface area contributed by atoms with Gasteiger partial charge >= 0.3 is 0 Å². The highest BCUT2D eigenvalue weighted by Gasteiger charge is 2.24. The molecular formula is C18H24N4O2S. The smallest absolute Gasteiger partial charge is 0.233 e. The molecule has 0 radical (unpaired) electrons. The Morgan fingerprint density at radius 2 is 2.04 bits per heavy atom. The molecule has 2 heterocycles. The molecule has 1 unspecified atom stereocenters. The number of phenols is 1. The van der Waals surface area contributed by atoms with Crippen molar-refractivity contribution in [2.45, 2.75) is 50.9 Å². The van der Waals surface area contributed by atoms with Gasteiger partial charge in [0.05, 0.1) is 5.75 Å². The fourth-order valence-corrected chi connectivity index (χ4v) is 4.07. The maximum atomic E-state index is 12.5. The number of rotatable bonds is 5. The fraction of sp³-hybridized carbons (Fsp3) is 0.500. The lowest BCUT2D eigenvalue weighted by Crippen LogP contribution is -2.43. The maximum Gasteiger partial charge on any atom is 0.233 e. The van der Waals surface area contributed by atoms with E-state index in [-0.39, 0.29) is 11.7 Å². The normalized spacial score (nSPS) is 17.7. The Morgan fingerprint density at radius 1 is 1.28 bits per heavy atom. The third-order valence-electron chi connectivity index (χ3n) is 4.61. The van der Waals surface area contributed by atoms with E-state index < -0.39 is 0 Å². The molecule has 1 aliphatic heterocycles. The number of aromatic nitrogens is 3. The van der Waals surface area contributed by atoms with Gasteiger partial charge in [0.2, 0.25) is 5.91 Å². The summed E-state index contributed by atoms with van der Waals surface area (Å²) in [6.07, 6.45) is 3.39. The molecule has 1 aromatic heterocycles. The second-order valence-corrected chi connectivity index (χ2v) is 7.26. The second kappa shape index (κ2) is 7.91. The first-order chi connectivity index (χ1) is 12.1. The van der Waals surface area contributed by atoms with Gasteiger partial charge in [-0.05, 0) is 57.4 Å². The van der Waals surface area contributed by atoms with Crippen LogP contribution in [-0.2, 0) is 11.3 Å². The molecule has 0 saturated carbocycles. The van der Waals surface area contributed by atoms with Crippen LogP contribution in [0.5, 0.6) is 5.75 Å². The number of aromatic hydroxyl groups is 1. The van der Waals surface area contributed by atoms with Gasteiger partial charge in [-0.2, -0.15) is 0 Å². The molecule has 1 N–H and O–H groups in total. The number of benzene rings is 1. The van der Waals surface area contributed by atoms with Crippen LogP contribution in [0.2, 0.25) is 0 Å². The first kappa shape index (κ1) is 17.8. The minimum Gasteiger partial charge on any atom is -0.508 e. The number of carbonyl (C=O) groups is 1. The molecule has 0 bridgehead atoms.